The van der Waals surface area contributed by atoms with Crippen LogP contribution in [0.4, 0.5) is 37.7 Å². The Morgan fingerprint density at radius 3 is 1.65 bits per heavy atom. The lowest BCUT2D eigenvalue weighted by molar-refractivity contribution is 0.265. The molecule has 2 atom stereocenters. The minimum Gasteiger partial charge on any atom is -0.486 e. The molecule has 2 unspecified atom stereocenters. The second-order valence-electron chi connectivity index (χ2n) is 15.0. The molecule has 0 bridgehead atoms. The first-order chi connectivity index (χ1) is 31.3. The molecule has 14 nitrogen and oxygen atoms in total. The summed E-state index contributed by atoms with van der Waals surface area (Å²) in [7, 11) is 3.88. The molecule has 66 heavy (non-hydrogen) atoms. The van der Waals surface area contributed by atoms with Crippen LogP contribution in [-0.4, -0.2) is 66.3 Å². The van der Waals surface area contributed by atoms with Crippen LogP contribution in [0.15, 0.2) is 122 Å². The van der Waals surface area contributed by atoms with Gasteiger partial charge in [0.25, 0.3) is 0 Å². The van der Waals surface area contributed by atoms with Gasteiger partial charge in [-0.1, -0.05) is 67.0 Å². The van der Waals surface area contributed by atoms with Crippen molar-refractivity contribution >= 4 is 63.8 Å². The zero-order valence-electron chi connectivity index (χ0n) is 35.4. The van der Waals surface area contributed by atoms with Crippen LogP contribution >= 0.6 is 34.8 Å². The van der Waals surface area contributed by atoms with Crippen LogP contribution in [0.5, 0.6) is 11.5 Å². The Morgan fingerprint density at radius 2 is 1.15 bits per heavy atom. The fourth-order valence-corrected chi connectivity index (χ4v) is 7.83. The zero-order valence-corrected chi connectivity index (χ0v) is 37.6. The molecular weight excluding hydrogens is 909 g/mol. The van der Waals surface area contributed by atoms with E-state index in [0.29, 0.717) is 75.1 Å². The van der Waals surface area contributed by atoms with Crippen molar-refractivity contribution in [3.63, 3.8) is 0 Å². The van der Waals surface area contributed by atoms with Gasteiger partial charge in [-0.25, -0.2) is 28.7 Å². The maximum atomic E-state index is 14.7. The molecule has 0 spiro atoms. The highest BCUT2D eigenvalue weighted by molar-refractivity contribution is 6.31. The summed E-state index contributed by atoms with van der Waals surface area (Å²) in [6.45, 7) is 4.64. The molecule has 0 fully saturated rings. The van der Waals surface area contributed by atoms with Crippen LogP contribution in [0, 0.1) is 25.5 Å². The average Bonchev–Trinajstić information content (AvgIpc) is 3.93. The maximum Gasteiger partial charge on any atom is 0.229 e. The molecule has 0 saturated carbocycles. The van der Waals surface area contributed by atoms with Crippen LogP contribution < -0.4 is 30.3 Å². The molecule has 340 valence electrons. The van der Waals surface area contributed by atoms with Crippen molar-refractivity contribution in [3.8, 4) is 22.9 Å². The van der Waals surface area contributed by atoms with Gasteiger partial charge < -0.3 is 39.5 Å². The van der Waals surface area contributed by atoms with E-state index in [1.807, 2.05) is 86.3 Å². The first-order valence-corrected chi connectivity index (χ1v) is 21.2. The number of aryl methyl sites for hydroxylation is 2. The number of nitrogens with one attached hydrogen (secondary N) is 1. The Kier molecular flexibility index (Phi) is 14.5. The van der Waals surface area contributed by atoms with Gasteiger partial charge in [-0.2, -0.15) is 9.97 Å². The number of aromatic nitrogens is 8. The molecule has 0 radical (unpaired) electrons. The van der Waals surface area contributed by atoms with Crippen LogP contribution in [0.3, 0.4) is 0 Å². The summed E-state index contributed by atoms with van der Waals surface area (Å²) in [5, 5.41) is 4.66. The third kappa shape index (κ3) is 10.4. The lowest BCUT2D eigenvalue weighted by Gasteiger charge is -2.35. The normalized spacial score (nSPS) is 14.7. The van der Waals surface area contributed by atoms with Crippen molar-refractivity contribution < 1.29 is 18.3 Å². The molecule has 19 heteroatoms. The number of benzene rings is 4. The number of imidazole rings is 2. The van der Waals surface area contributed by atoms with E-state index in [1.54, 1.807) is 70.8 Å². The quantitative estimate of drug-likeness (QED) is 0.121. The SMILES string of the molecule is C.CN1c2nc(Cl)ncc2OCC1c1ccccc1Cl.Cc1cn(-c2ccc(N)cc2F)cn1.Cc1cn(-c2ccc(Nc3ncc4c(n3)N(C)C(c3ccccc3Cl)CO4)cc2F)cn1. The van der Waals surface area contributed by atoms with Crippen LogP contribution in [0.1, 0.15) is 42.0 Å². The van der Waals surface area contributed by atoms with E-state index in [4.69, 9.17) is 50.0 Å². The van der Waals surface area contributed by atoms with E-state index in [9.17, 15) is 8.78 Å². The summed E-state index contributed by atoms with van der Waals surface area (Å²) in [5.41, 5.74) is 10.9. The molecule has 4 aromatic carbocycles. The smallest absolute Gasteiger partial charge is 0.229 e. The van der Waals surface area contributed by atoms with Gasteiger partial charge in [-0.15, -0.1) is 0 Å². The summed E-state index contributed by atoms with van der Waals surface area (Å²) in [6.07, 6.45) is 9.88. The molecule has 0 amide bonds. The second-order valence-corrected chi connectivity index (χ2v) is 16.1. The van der Waals surface area contributed by atoms with E-state index in [-0.39, 0.29) is 36.4 Å². The number of nitrogen functional groups attached to an aromatic ring is 1. The Morgan fingerprint density at radius 1 is 0.652 bits per heavy atom. The van der Waals surface area contributed by atoms with Gasteiger partial charge in [0.15, 0.2) is 23.1 Å². The number of likely N-dealkylation sites (N-methyl/N-ethyl adjacent to an activating group) is 2. The monoisotopic (exact) mass is 952 g/mol. The number of hydrogen-bond donors (Lipinski definition) is 2. The molecule has 0 aliphatic carbocycles. The molecule has 3 N–H and O–H groups in total. The first-order valence-electron chi connectivity index (χ1n) is 20.1. The molecule has 2 aliphatic heterocycles. The second kappa shape index (κ2) is 20.4. The number of halogens is 5. The van der Waals surface area contributed by atoms with Gasteiger partial charge >= 0.3 is 0 Å². The summed E-state index contributed by atoms with van der Waals surface area (Å²) in [6, 6.07) is 24.7. The van der Waals surface area contributed by atoms with Gasteiger partial charge in [0, 0.05) is 47.9 Å². The highest BCUT2D eigenvalue weighted by atomic mass is 35.5. The maximum absolute atomic E-state index is 14.7. The fourth-order valence-electron chi connectivity index (χ4n) is 7.18. The number of fused-ring (bicyclic) bond motifs is 2. The van der Waals surface area contributed by atoms with Crippen molar-refractivity contribution in [1.29, 1.82) is 0 Å². The molecule has 8 aromatic rings. The van der Waals surface area contributed by atoms with Gasteiger partial charge in [0.2, 0.25) is 11.2 Å². The number of hydrogen-bond acceptors (Lipinski definition) is 12. The Labute approximate surface area is 395 Å². The van der Waals surface area contributed by atoms with Crippen molar-refractivity contribution in [2.75, 3.05) is 48.2 Å². The minimum atomic E-state index is -0.385. The third-order valence-corrected chi connectivity index (χ3v) is 11.4. The zero-order chi connectivity index (χ0) is 45.8. The van der Waals surface area contributed by atoms with E-state index in [2.05, 4.69) is 35.2 Å². The van der Waals surface area contributed by atoms with Crippen LogP contribution in [0.2, 0.25) is 15.3 Å². The third-order valence-electron chi connectivity index (χ3n) is 10.5. The first kappa shape index (κ1) is 47.0. The van der Waals surface area contributed by atoms with Crippen molar-refractivity contribution in [2.45, 2.75) is 33.4 Å². The average molecular weight is 954 g/mol. The Bertz CT molecular complexity index is 2970. The van der Waals surface area contributed by atoms with Crippen molar-refractivity contribution in [1.82, 2.24) is 39.0 Å². The fraction of sp³-hybridized carbons (Fsp3) is 0.191. The van der Waals surface area contributed by atoms with E-state index in [1.165, 1.54) is 12.1 Å². The van der Waals surface area contributed by atoms with Gasteiger partial charge in [-0.05, 0) is 85.1 Å². The van der Waals surface area contributed by atoms with Crippen LogP contribution in [-0.2, 0) is 0 Å². The van der Waals surface area contributed by atoms with Gasteiger partial charge in [-0.3, -0.25) is 0 Å². The van der Waals surface area contributed by atoms with Crippen molar-refractivity contribution in [3.05, 3.63) is 172 Å². The number of nitrogens with two attached hydrogens (primary N) is 1. The summed E-state index contributed by atoms with van der Waals surface area (Å²) in [5.74, 6) is 2.13. The number of nitrogens with zero attached hydrogens (tertiary/aromatic N) is 10. The molecule has 2 aliphatic rings. The molecular formula is C47H45Cl3F2N12O2. The van der Waals surface area contributed by atoms with Crippen molar-refractivity contribution in [2.24, 2.45) is 0 Å². The predicted molar refractivity (Wildman–Crippen MR) is 256 cm³/mol. The highest BCUT2D eigenvalue weighted by Gasteiger charge is 2.31. The molecule has 6 heterocycles. The lowest BCUT2D eigenvalue weighted by Crippen LogP contribution is -2.34. The minimum absolute atomic E-state index is 0. The van der Waals surface area contributed by atoms with E-state index < -0.39 is 0 Å². The molecule has 4 aromatic heterocycles. The highest BCUT2D eigenvalue weighted by Crippen LogP contribution is 2.40. The standard InChI is InChI=1S/C23H20ClFN6O.C13H11Cl2N3O.C10H10FN3.CH4/c1-14-11-31(13-27-14)19-8-7-15(9-18(19)25)28-23-26-10-21-22(29-23)30(2)20(12-32-21)16-5-3-4-6-17(16)24;1-18-10(8-4-2-3-5-9(8)14)7-19-11-6-16-13(15)17-12(11)18;1-7-5-14(6-13-7)10-3-2-8(12)4-9(10)11;/h3-11,13,20H,12H2,1-2H3,(H,26,28,29);2-6,10H,7H2,1H3;2-6H,12H2,1H3;1H4. The summed E-state index contributed by atoms with van der Waals surface area (Å²) >= 11 is 18.5. The molecule has 0 saturated heterocycles. The summed E-state index contributed by atoms with van der Waals surface area (Å²) < 4.78 is 43.0. The Hall–Kier alpha value is -7.01. The van der Waals surface area contributed by atoms with Gasteiger partial charge in [0.05, 0.1) is 59.9 Å². The largest absolute Gasteiger partial charge is 0.486 e. The summed E-state index contributed by atoms with van der Waals surface area (Å²) in [4.78, 5) is 29.2. The van der Waals surface area contributed by atoms with Crippen LogP contribution in [0.25, 0.3) is 11.4 Å². The number of anilines is 5. The Balaban J connectivity index is 0.000000161. The number of ether oxygens (including phenoxy) is 2. The predicted octanol–water partition coefficient (Wildman–Crippen LogP) is 11.0. The number of rotatable bonds is 6. The molecule has 10 rings (SSSR count). The van der Waals surface area contributed by atoms with Gasteiger partial charge in [0.1, 0.15) is 24.8 Å². The topological polar surface area (TPSA) is 150 Å². The van der Waals surface area contributed by atoms with E-state index in [0.717, 1.165) is 22.5 Å². The van der Waals surface area contributed by atoms with E-state index >= 15 is 0 Å². The lowest BCUT2D eigenvalue weighted by atomic mass is 10.1.